The van der Waals surface area contributed by atoms with Gasteiger partial charge in [0, 0.05) is 30.1 Å². The van der Waals surface area contributed by atoms with Crippen LogP contribution in [0, 0.1) is 5.92 Å². The van der Waals surface area contributed by atoms with Gasteiger partial charge in [0.25, 0.3) is 0 Å². The van der Waals surface area contributed by atoms with Crippen LogP contribution in [0.2, 0.25) is 0 Å². The van der Waals surface area contributed by atoms with E-state index < -0.39 is 0 Å². The van der Waals surface area contributed by atoms with Crippen LogP contribution in [0.5, 0.6) is 0 Å². The Bertz CT molecular complexity index is 816. The van der Waals surface area contributed by atoms with Crippen LogP contribution < -0.4 is 5.32 Å². The highest BCUT2D eigenvalue weighted by atomic mass is 16.5. The molecule has 3 aromatic rings. The van der Waals surface area contributed by atoms with E-state index in [1.165, 1.54) is 12.8 Å². The third-order valence-electron chi connectivity index (χ3n) is 3.93. The van der Waals surface area contributed by atoms with Crippen molar-refractivity contribution in [3.05, 3.63) is 47.7 Å². The summed E-state index contributed by atoms with van der Waals surface area (Å²) in [5.41, 5.74) is 2.16. The normalized spacial score (nSPS) is 14.4. The van der Waals surface area contributed by atoms with Gasteiger partial charge in [0.1, 0.15) is 0 Å². The van der Waals surface area contributed by atoms with Crippen molar-refractivity contribution in [2.45, 2.75) is 19.3 Å². The van der Waals surface area contributed by atoms with Crippen molar-refractivity contribution in [1.82, 2.24) is 20.4 Å². The van der Waals surface area contributed by atoms with Gasteiger partial charge in [-0.15, -0.1) is 0 Å². The Morgan fingerprint density at radius 3 is 3.09 bits per heavy atom. The zero-order valence-electron chi connectivity index (χ0n) is 12.0. The molecule has 0 unspecified atom stereocenters. The third kappa shape index (κ3) is 2.59. The first-order chi connectivity index (χ1) is 10.8. The van der Waals surface area contributed by atoms with Crippen LogP contribution in [0.4, 0.5) is 0 Å². The molecule has 1 fully saturated rings. The minimum absolute atomic E-state index is 0.0375. The summed E-state index contributed by atoms with van der Waals surface area (Å²) < 4.78 is 5.06. The molecule has 2 heterocycles. The molecular formula is C16H16N4O2. The topological polar surface area (TPSA) is 83.8 Å². The minimum Gasteiger partial charge on any atom is -0.361 e. The molecule has 1 aromatic carbocycles. The summed E-state index contributed by atoms with van der Waals surface area (Å²) in [7, 11) is 0. The Morgan fingerprint density at radius 1 is 1.36 bits per heavy atom. The molecule has 2 N–H and O–H groups in total. The van der Waals surface area contributed by atoms with Crippen molar-refractivity contribution in [2.24, 2.45) is 5.92 Å². The fraction of sp³-hybridized carbons (Fsp3) is 0.312. The number of carbonyl (C=O) groups excluding carboxylic acids is 1. The zero-order valence-corrected chi connectivity index (χ0v) is 12.0. The number of aromatic amines is 1. The van der Waals surface area contributed by atoms with Crippen molar-refractivity contribution < 1.29 is 9.32 Å². The number of para-hydroxylation sites is 1. The summed E-state index contributed by atoms with van der Waals surface area (Å²) in [5.74, 6) is 0.888. The Balaban J connectivity index is 1.48. The fourth-order valence-electron chi connectivity index (χ4n) is 2.50. The highest BCUT2D eigenvalue weighted by Crippen LogP contribution is 2.27. The average molecular weight is 296 g/mol. The smallest absolute Gasteiger partial charge is 0.315 e. The number of fused-ring (bicyclic) bond motifs is 1. The first-order valence-corrected chi connectivity index (χ1v) is 7.45. The number of nitrogens with zero attached hydrogens (tertiary/aromatic N) is 2. The maximum absolute atomic E-state index is 11.9. The number of hydrogen-bond acceptors (Lipinski definition) is 4. The standard InChI is InChI=1S/C16H16N4O2/c21-15(18-8-10-5-6-10)16-19-14(20-22-16)7-11-9-17-13-4-2-1-3-12(11)13/h1-4,9-10,17H,5-8H2,(H,18,21). The lowest BCUT2D eigenvalue weighted by Crippen LogP contribution is -2.25. The van der Waals surface area contributed by atoms with Crippen molar-refractivity contribution in [2.75, 3.05) is 6.54 Å². The molecule has 6 heteroatoms. The Kier molecular flexibility index (Phi) is 3.14. The van der Waals surface area contributed by atoms with E-state index in [9.17, 15) is 4.79 Å². The van der Waals surface area contributed by atoms with E-state index in [-0.39, 0.29) is 11.8 Å². The number of H-pyrrole nitrogens is 1. The van der Waals surface area contributed by atoms with Crippen LogP contribution in [0.25, 0.3) is 10.9 Å². The summed E-state index contributed by atoms with van der Waals surface area (Å²) >= 11 is 0. The van der Waals surface area contributed by atoms with Crippen LogP contribution in [-0.2, 0) is 6.42 Å². The van der Waals surface area contributed by atoms with E-state index in [1.807, 2.05) is 30.5 Å². The molecule has 1 saturated carbocycles. The Morgan fingerprint density at radius 2 is 2.23 bits per heavy atom. The lowest BCUT2D eigenvalue weighted by molar-refractivity contribution is 0.0908. The van der Waals surface area contributed by atoms with Gasteiger partial charge >= 0.3 is 11.8 Å². The molecule has 0 aliphatic heterocycles. The largest absolute Gasteiger partial charge is 0.361 e. The van der Waals surface area contributed by atoms with Crippen molar-refractivity contribution >= 4 is 16.8 Å². The van der Waals surface area contributed by atoms with Gasteiger partial charge < -0.3 is 14.8 Å². The maximum atomic E-state index is 11.9. The maximum Gasteiger partial charge on any atom is 0.315 e. The molecule has 1 amide bonds. The van der Waals surface area contributed by atoms with Gasteiger partial charge in [-0.3, -0.25) is 4.79 Å². The quantitative estimate of drug-likeness (QED) is 0.756. The molecule has 22 heavy (non-hydrogen) atoms. The predicted octanol–water partition coefficient (Wildman–Crippen LogP) is 2.28. The van der Waals surface area contributed by atoms with E-state index >= 15 is 0 Å². The van der Waals surface area contributed by atoms with Crippen LogP contribution in [0.3, 0.4) is 0 Å². The zero-order chi connectivity index (χ0) is 14.9. The number of nitrogens with one attached hydrogen (secondary N) is 2. The number of carbonyl (C=O) groups is 1. The van der Waals surface area contributed by atoms with E-state index in [0.29, 0.717) is 24.7 Å². The molecule has 0 atom stereocenters. The summed E-state index contributed by atoms with van der Waals surface area (Å²) in [6.45, 7) is 0.693. The SMILES string of the molecule is O=C(NCC1CC1)c1nc(Cc2c[nH]c3ccccc23)no1. The summed E-state index contributed by atoms with van der Waals surface area (Å²) in [5, 5.41) is 7.85. The second kappa shape index (κ2) is 5.29. The van der Waals surface area contributed by atoms with Gasteiger partial charge in [0.05, 0.1) is 0 Å². The highest BCUT2D eigenvalue weighted by Gasteiger charge is 2.23. The number of aromatic nitrogens is 3. The summed E-state index contributed by atoms with van der Waals surface area (Å²) in [6, 6.07) is 8.04. The second-order valence-corrected chi connectivity index (χ2v) is 5.71. The molecule has 2 aromatic heterocycles. The fourth-order valence-corrected chi connectivity index (χ4v) is 2.50. The number of hydrogen-bond donors (Lipinski definition) is 2. The first-order valence-electron chi connectivity index (χ1n) is 7.45. The predicted molar refractivity (Wildman–Crippen MR) is 80.5 cm³/mol. The van der Waals surface area contributed by atoms with E-state index in [2.05, 4.69) is 20.4 Å². The minimum atomic E-state index is -0.287. The van der Waals surface area contributed by atoms with E-state index in [1.54, 1.807) is 0 Å². The van der Waals surface area contributed by atoms with Gasteiger partial charge in [-0.1, -0.05) is 23.4 Å². The lowest BCUT2D eigenvalue weighted by Gasteiger charge is -1.98. The van der Waals surface area contributed by atoms with Gasteiger partial charge in [0.15, 0.2) is 5.82 Å². The third-order valence-corrected chi connectivity index (χ3v) is 3.93. The Labute approximate surface area is 126 Å². The average Bonchev–Trinajstić information content (AvgIpc) is 3.11. The molecule has 1 aliphatic carbocycles. The van der Waals surface area contributed by atoms with Crippen LogP contribution in [0.1, 0.15) is 34.9 Å². The lowest BCUT2D eigenvalue weighted by atomic mass is 10.1. The summed E-state index contributed by atoms with van der Waals surface area (Å²) in [6.07, 6.45) is 4.85. The Hall–Kier alpha value is -2.63. The van der Waals surface area contributed by atoms with E-state index in [0.717, 1.165) is 16.5 Å². The molecule has 4 rings (SSSR count). The van der Waals surface area contributed by atoms with Gasteiger partial charge in [-0.05, 0) is 30.4 Å². The summed E-state index contributed by atoms with van der Waals surface area (Å²) in [4.78, 5) is 19.3. The van der Waals surface area contributed by atoms with Crippen LogP contribution >= 0.6 is 0 Å². The van der Waals surface area contributed by atoms with E-state index in [4.69, 9.17) is 4.52 Å². The molecule has 0 radical (unpaired) electrons. The van der Waals surface area contributed by atoms with Gasteiger partial charge in [-0.25, -0.2) is 0 Å². The number of benzene rings is 1. The van der Waals surface area contributed by atoms with Crippen molar-refractivity contribution in [3.63, 3.8) is 0 Å². The highest BCUT2D eigenvalue weighted by molar-refractivity contribution is 5.89. The van der Waals surface area contributed by atoms with Crippen LogP contribution in [-0.4, -0.2) is 27.6 Å². The van der Waals surface area contributed by atoms with Crippen molar-refractivity contribution in [1.29, 1.82) is 0 Å². The number of rotatable bonds is 5. The molecule has 6 nitrogen and oxygen atoms in total. The monoisotopic (exact) mass is 296 g/mol. The molecule has 0 bridgehead atoms. The van der Waals surface area contributed by atoms with Gasteiger partial charge in [0.2, 0.25) is 0 Å². The molecular weight excluding hydrogens is 280 g/mol. The molecule has 0 spiro atoms. The second-order valence-electron chi connectivity index (χ2n) is 5.71. The van der Waals surface area contributed by atoms with Gasteiger partial charge in [-0.2, -0.15) is 4.98 Å². The van der Waals surface area contributed by atoms with Crippen molar-refractivity contribution in [3.8, 4) is 0 Å². The first kappa shape index (κ1) is 13.1. The molecule has 112 valence electrons. The van der Waals surface area contributed by atoms with Crippen LogP contribution in [0.15, 0.2) is 35.0 Å². The molecule has 0 saturated heterocycles. The number of amides is 1. The molecule has 1 aliphatic rings.